The molecule has 0 unspecified atom stereocenters. The Morgan fingerprint density at radius 2 is 2.04 bits per heavy atom. The van der Waals surface area contributed by atoms with Crippen molar-refractivity contribution < 1.29 is 0 Å². The second-order valence-electron chi connectivity index (χ2n) is 5.75. The molecule has 1 N–H and O–H groups in total. The van der Waals surface area contributed by atoms with Crippen LogP contribution in [0.3, 0.4) is 0 Å². The Morgan fingerprint density at radius 3 is 2.87 bits per heavy atom. The van der Waals surface area contributed by atoms with E-state index in [2.05, 4.69) is 38.2 Å². The molecule has 3 aromatic rings. The summed E-state index contributed by atoms with van der Waals surface area (Å²) in [6.07, 6.45) is 9.00. The van der Waals surface area contributed by atoms with Gasteiger partial charge in [0.1, 0.15) is 5.65 Å². The first-order valence-corrected chi connectivity index (χ1v) is 8.12. The largest absolute Gasteiger partial charge is 0.346 e. The minimum absolute atomic E-state index is 0.741. The van der Waals surface area contributed by atoms with Crippen LogP contribution >= 0.6 is 11.6 Å². The lowest BCUT2D eigenvalue weighted by Gasteiger charge is -2.26. The van der Waals surface area contributed by atoms with Crippen LogP contribution in [0.15, 0.2) is 48.9 Å². The van der Waals surface area contributed by atoms with Crippen molar-refractivity contribution in [3.63, 3.8) is 0 Å². The summed E-state index contributed by atoms with van der Waals surface area (Å²) in [5, 5.41) is 1.94. The molecule has 23 heavy (non-hydrogen) atoms. The third kappa shape index (κ3) is 2.87. The van der Waals surface area contributed by atoms with Crippen molar-refractivity contribution >= 4 is 28.2 Å². The quantitative estimate of drug-likeness (QED) is 0.794. The molecule has 0 bridgehead atoms. The number of rotatable bonds is 3. The first kappa shape index (κ1) is 14.4. The van der Waals surface area contributed by atoms with Gasteiger partial charge in [0.15, 0.2) is 0 Å². The SMILES string of the molecule is Clc1cccnc1CN1CC=C(c2c[nH]c3ncccc23)CC1. The molecule has 0 aliphatic carbocycles. The monoisotopic (exact) mass is 324 g/mol. The number of H-pyrrole nitrogens is 1. The normalized spacial score (nSPS) is 15.8. The molecule has 116 valence electrons. The molecule has 0 atom stereocenters. The van der Waals surface area contributed by atoms with Gasteiger partial charge < -0.3 is 4.98 Å². The number of aromatic amines is 1. The Bertz CT molecular complexity index is 868. The smallest absolute Gasteiger partial charge is 0.137 e. The highest BCUT2D eigenvalue weighted by atomic mass is 35.5. The molecule has 0 amide bonds. The number of hydrogen-bond donors (Lipinski definition) is 1. The Morgan fingerprint density at radius 1 is 1.17 bits per heavy atom. The number of nitrogens with one attached hydrogen (secondary N) is 1. The fourth-order valence-corrected chi connectivity index (χ4v) is 3.25. The van der Waals surface area contributed by atoms with Gasteiger partial charge in [-0.15, -0.1) is 0 Å². The van der Waals surface area contributed by atoms with Crippen LogP contribution < -0.4 is 0 Å². The number of hydrogen-bond acceptors (Lipinski definition) is 3. The van der Waals surface area contributed by atoms with E-state index in [0.717, 1.165) is 42.4 Å². The van der Waals surface area contributed by atoms with Crippen molar-refractivity contribution in [3.8, 4) is 0 Å². The van der Waals surface area contributed by atoms with Crippen LogP contribution in [-0.4, -0.2) is 32.9 Å². The average Bonchev–Trinajstić information content (AvgIpc) is 3.02. The van der Waals surface area contributed by atoms with Gasteiger partial charge in [0.25, 0.3) is 0 Å². The number of aromatic nitrogens is 3. The maximum absolute atomic E-state index is 6.20. The molecule has 0 fully saturated rings. The van der Waals surface area contributed by atoms with Crippen LogP contribution in [0, 0.1) is 0 Å². The number of nitrogens with zero attached hydrogens (tertiary/aromatic N) is 3. The summed E-state index contributed by atoms with van der Waals surface area (Å²) < 4.78 is 0. The van der Waals surface area contributed by atoms with E-state index in [1.165, 1.54) is 16.5 Å². The molecular weight excluding hydrogens is 308 g/mol. The van der Waals surface area contributed by atoms with E-state index >= 15 is 0 Å². The Balaban J connectivity index is 1.52. The maximum atomic E-state index is 6.20. The lowest BCUT2D eigenvalue weighted by Crippen LogP contribution is -2.28. The van der Waals surface area contributed by atoms with Crippen LogP contribution in [0.5, 0.6) is 0 Å². The van der Waals surface area contributed by atoms with Crippen molar-refractivity contribution in [2.75, 3.05) is 13.1 Å². The minimum Gasteiger partial charge on any atom is -0.346 e. The fourth-order valence-electron chi connectivity index (χ4n) is 3.07. The van der Waals surface area contributed by atoms with E-state index in [9.17, 15) is 0 Å². The molecular formula is C18H17ClN4. The average molecular weight is 325 g/mol. The summed E-state index contributed by atoms with van der Waals surface area (Å²) in [5.41, 5.74) is 4.55. The molecule has 4 heterocycles. The van der Waals surface area contributed by atoms with E-state index in [4.69, 9.17) is 11.6 Å². The first-order valence-electron chi connectivity index (χ1n) is 7.74. The lowest BCUT2D eigenvalue weighted by molar-refractivity contribution is 0.290. The zero-order valence-corrected chi connectivity index (χ0v) is 13.4. The van der Waals surface area contributed by atoms with Crippen molar-refractivity contribution in [1.29, 1.82) is 0 Å². The second-order valence-corrected chi connectivity index (χ2v) is 6.16. The maximum Gasteiger partial charge on any atom is 0.137 e. The summed E-state index contributed by atoms with van der Waals surface area (Å²) in [7, 11) is 0. The Labute approximate surface area is 139 Å². The van der Waals surface area contributed by atoms with Gasteiger partial charge in [-0.05, 0) is 36.3 Å². The fraction of sp³-hybridized carbons (Fsp3) is 0.222. The van der Waals surface area contributed by atoms with Crippen molar-refractivity contribution in [2.45, 2.75) is 13.0 Å². The van der Waals surface area contributed by atoms with Gasteiger partial charge >= 0.3 is 0 Å². The molecule has 4 rings (SSSR count). The molecule has 0 radical (unpaired) electrons. The number of fused-ring (bicyclic) bond motifs is 1. The molecule has 3 aromatic heterocycles. The lowest BCUT2D eigenvalue weighted by atomic mass is 9.99. The van der Waals surface area contributed by atoms with E-state index in [1.807, 2.05) is 24.4 Å². The number of halogens is 1. The van der Waals surface area contributed by atoms with E-state index in [-0.39, 0.29) is 0 Å². The van der Waals surface area contributed by atoms with Gasteiger partial charge in [0.2, 0.25) is 0 Å². The van der Waals surface area contributed by atoms with Crippen molar-refractivity contribution in [2.24, 2.45) is 0 Å². The molecule has 5 heteroatoms. The predicted molar refractivity (Wildman–Crippen MR) is 93.2 cm³/mol. The minimum atomic E-state index is 0.741. The third-order valence-corrected chi connectivity index (χ3v) is 4.64. The summed E-state index contributed by atoms with van der Waals surface area (Å²) in [4.78, 5) is 14.4. The van der Waals surface area contributed by atoms with Crippen LogP contribution in [0.2, 0.25) is 5.02 Å². The summed E-state index contributed by atoms with van der Waals surface area (Å²) >= 11 is 6.20. The van der Waals surface area contributed by atoms with Crippen LogP contribution in [0.4, 0.5) is 0 Å². The topological polar surface area (TPSA) is 44.8 Å². The summed E-state index contributed by atoms with van der Waals surface area (Å²) in [5.74, 6) is 0. The zero-order chi connectivity index (χ0) is 15.6. The molecule has 4 nitrogen and oxygen atoms in total. The van der Waals surface area contributed by atoms with Gasteiger partial charge in [-0.1, -0.05) is 17.7 Å². The first-order chi connectivity index (χ1) is 11.3. The van der Waals surface area contributed by atoms with Crippen LogP contribution in [0.1, 0.15) is 17.7 Å². The molecule has 0 aromatic carbocycles. The Hall–Kier alpha value is -2.17. The van der Waals surface area contributed by atoms with Crippen molar-refractivity contribution in [3.05, 3.63) is 65.2 Å². The molecule has 0 saturated carbocycles. The molecule has 1 aliphatic heterocycles. The third-order valence-electron chi connectivity index (χ3n) is 4.30. The Kier molecular flexibility index (Phi) is 3.85. The highest BCUT2D eigenvalue weighted by Crippen LogP contribution is 2.29. The van der Waals surface area contributed by atoms with Crippen molar-refractivity contribution in [1.82, 2.24) is 19.9 Å². The predicted octanol–water partition coefficient (Wildman–Crippen LogP) is 3.90. The van der Waals surface area contributed by atoms with Crippen LogP contribution in [-0.2, 0) is 6.54 Å². The number of pyridine rings is 2. The van der Waals surface area contributed by atoms with Gasteiger partial charge in [-0.3, -0.25) is 9.88 Å². The van der Waals surface area contributed by atoms with E-state index in [1.54, 1.807) is 6.20 Å². The molecule has 1 aliphatic rings. The van der Waals surface area contributed by atoms with Gasteiger partial charge in [-0.25, -0.2) is 4.98 Å². The van der Waals surface area contributed by atoms with Gasteiger partial charge in [-0.2, -0.15) is 0 Å². The standard InChI is InChI=1S/C18H17ClN4/c19-16-4-2-7-20-17(16)12-23-9-5-13(6-10-23)15-11-22-18-14(15)3-1-8-21-18/h1-5,7-8,11H,6,9-10,12H2,(H,21,22). The van der Waals surface area contributed by atoms with Gasteiger partial charge in [0, 0.05) is 49.2 Å². The molecule has 0 spiro atoms. The zero-order valence-electron chi connectivity index (χ0n) is 12.7. The summed E-state index contributed by atoms with van der Waals surface area (Å²) in [6, 6.07) is 7.87. The second kappa shape index (κ2) is 6.14. The van der Waals surface area contributed by atoms with E-state index < -0.39 is 0 Å². The van der Waals surface area contributed by atoms with Gasteiger partial charge in [0.05, 0.1) is 10.7 Å². The summed E-state index contributed by atoms with van der Waals surface area (Å²) in [6.45, 7) is 2.71. The van der Waals surface area contributed by atoms with E-state index in [0.29, 0.717) is 0 Å². The molecule has 0 saturated heterocycles. The van der Waals surface area contributed by atoms with Crippen LogP contribution in [0.25, 0.3) is 16.6 Å². The highest BCUT2D eigenvalue weighted by molar-refractivity contribution is 6.31. The highest BCUT2D eigenvalue weighted by Gasteiger charge is 2.17.